The van der Waals surface area contributed by atoms with Crippen LogP contribution in [-0.2, 0) is 26.2 Å². The van der Waals surface area contributed by atoms with E-state index in [0.29, 0.717) is 0 Å². The molecule has 0 atom stereocenters. The Morgan fingerprint density at radius 2 is 1.35 bits per heavy atom. The first-order chi connectivity index (χ1) is 15.1. The van der Waals surface area contributed by atoms with E-state index >= 15 is 0 Å². The molecule has 0 heterocycles. The largest absolute Gasteiger partial charge is 4.00 e. The summed E-state index contributed by atoms with van der Waals surface area (Å²) < 4.78 is 0. The molecule has 0 amide bonds. The quantitative estimate of drug-likeness (QED) is 0.361. The molecule has 2 aromatic carbocycles. The fourth-order valence-corrected chi connectivity index (χ4v) is 4.90. The maximum atomic E-state index is 3.45. The van der Waals surface area contributed by atoms with Gasteiger partial charge in [0.25, 0.3) is 0 Å². The van der Waals surface area contributed by atoms with Crippen LogP contribution in [-0.4, -0.2) is 9.52 Å². The van der Waals surface area contributed by atoms with Crippen LogP contribution in [0.15, 0.2) is 83.5 Å². The molecule has 0 aliphatic heterocycles. The molecule has 2 aromatic rings. The van der Waals surface area contributed by atoms with Gasteiger partial charge in [0.15, 0.2) is 0 Å². The average Bonchev–Trinajstić information content (AvgIpc) is 3.50. The van der Waals surface area contributed by atoms with E-state index in [2.05, 4.69) is 101 Å². The number of benzene rings is 2. The van der Waals surface area contributed by atoms with E-state index in [-0.39, 0.29) is 51.0 Å². The summed E-state index contributed by atoms with van der Waals surface area (Å²) in [5, 5.41) is 2.90. The van der Waals surface area contributed by atoms with Gasteiger partial charge in [0.05, 0.1) is 0 Å². The molecule has 0 spiro atoms. The second-order valence-electron chi connectivity index (χ2n) is 7.73. The number of aryl methyl sites for hydroxylation is 2. The van der Waals surface area contributed by atoms with Crippen LogP contribution < -0.4 is 35.2 Å². The van der Waals surface area contributed by atoms with Crippen LogP contribution >= 0.6 is 0 Å². The topological polar surface area (TPSA) is 0 Å². The molecular weight excluding hydrogens is 551 g/mol. The minimum absolute atomic E-state index is 0. The summed E-state index contributed by atoms with van der Waals surface area (Å²) in [6.45, 7) is 11.1. The van der Waals surface area contributed by atoms with Crippen molar-refractivity contribution in [1.29, 1.82) is 0 Å². The molecule has 2 radical (unpaired) electrons. The summed E-state index contributed by atoms with van der Waals surface area (Å²) in [6.07, 6.45) is 18.1. The Kier molecular flexibility index (Phi) is 21.0. The number of rotatable bonds is 5. The van der Waals surface area contributed by atoms with E-state index in [9.17, 15) is 0 Å². The van der Waals surface area contributed by atoms with Crippen molar-refractivity contribution in [3.05, 3.63) is 107 Å². The van der Waals surface area contributed by atoms with Gasteiger partial charge in [-0.25, -0.2) is 17.7 Å². The Bertz CT molecular complexity index is 904. The molecule has 34 heavy (non-hydrogen) atoms. The number of halogens is 2. The first kappa shape index (κ1) is 35.2. The summed E-state index contributed by atoms with van der Waals surface area (Å²) in [7, 11) is 0.774. The maximum absolute atomic E-state index is 3.45. The normalized spacial score (nSPS) is 12.8. The van der Waals surface area contributed by atoms with Crippen LogP contribution in [0.25, 0.3) is 0 Å². The van der Waals surface area contributed by atoms with Crippen molar-refractivity contribution in [3.63, 3.8) is 0 Å². The van der Waals surface area contributed by atoms with Crippen LogP contribution in [0, 0.1) is 26.0 Å². The van der Waals surface area contributed by atoms with Gasteiger partial charge in [-0.1, -0.05) is 110 Å². The van der Waals surface area contributed by atoms with Crippen molar-refractivity contribution in [1.82, 2.24) is 0 Å². The SMILES string of the molecule is CCC1=[C-]CC(CC)=C1CC.Cc1ccccc1[Si]c1ccccc1C.[C-]1=CC=CC1.[Cl-].[Cl-].[Zr+4]. The van der Waals surface area contributed by atoms with Crippen molar-refractivity contribution < 1.29 is 51.0 Å². The number of allylic oxidation sites excluding steroid dienone is 8. The molecule has 2 aliphatic rings. The monoisotopic (exact) mass is 584 g/mol. The Morgan fingerprint density at radius 1 is 0.794 bits per heavy atom. The molecule has 178 valence electrons. The van der Waals surface area contributed by atoms with Crippen molar-refractivity contribution in [2.24, 2.45) is 0 Å². The number of hydrogen-bond acceptors (Lipinski definition) is 0. The van der Waals surface area contributed by atoms with E-state index in [1.165, 1.54) is 39.9 Å². The van der Waals surface area contributed by atoms with Crippen molar-refractivity contribution in [2.75, 3.05) is 0 Å². The zero-order chi connectivity index (χ0) is 22.5. The van der Waals surface area contributed by atoms with Gasteiger partial charge in [-0.2, -0.15) is 17.2 Å². The minimum Gasteiger partial charge on any atom is -1.00 e. The molecule has 0 saturated carbocycles. The van der Waals surface area contributed by atoms with Crippen molar-refractivity contribution in [3.8, 4) is 0 Å². The van der Waals surface area contributed by atoms with Crippen LogP contribution in [0.5, 0.6) is 0 Å². The summed E-state index contributed by atoms with van der Waals surface area (Å²) in [4.78, 5) is 0. The zero-order valence-electron chi connectivity index (χ0n) is 21.1. The van der Waals surface area contributed by atoms with Crippen LogP contribution in [0.2, 0.25) is 0 Å². The summed E-state index contributed by atoms with van der Waals surface area (Å²) in [5.74, 6) is 0. The fourth-order valence-electron chi connectivity index (χ4n) is 3.69. The predicted molar refractivity (Wildman–Crippen MR) is 138 cm³/mol. The third kappa shape index (κ3) is 11.7. The van der Waals surface area contributed by atoms with Gasteiger partial charge in [-0.3, -0.25) is 12.2 Å². The molecule has 0 aromatic heterocycles. The van der Waals surface area contributed by atoms with E-state index in [0.717, 1.165) is 28.8 Å². The van der Waals surface area contributed by atoms with Gasteiger partial charge >= 0.3 is 26.2 Å². The molecule has 2 aliphatic carbocycles. The summed E-state index contributed by atoms with van der Waals surface area (Å²) in [5.41, 5.74) is 7.46. The molecule has 4 rings (SSSR count). The first-order valence-electron chi connectivity index (χ1n) is 11.5. The van der Waals surface area contributed by atoms with Crippen LogP contribution in [0.3, 0.4) is 0 Å². The molecule has 0 bridgehead atoms. The predicted octanol–water partition coefficient (Wildman–Crippen LogP) is 0.916. The van der Waals surface area contributed by atoms with Gasteiger partial charge in [0, 0.05) is 0 Å². The summed E-state index contributed by atoms with van der Waals surface area (Å²) in [6, 6.07) is 17.2. The zero-order valence-corrected chi connectivity index (χ0v) is 26.1. The third-order valence-corrected chi connectivity index (χ3v) is 7.25. The molecule has 0 nitrogen and oxygen atoms in total. The van der Waals surface area contributed by atoms with Gasteiger partial charge < -0.3 is 24.8 Å². The van der Waals surface area contributed by atoms with Gasteiger partial charge in [0.1, 0.15) is 9.52 Å². The average molecular weight is 587 g/mol. The van der Waals surface area contributed by atoms with Crippen LogP contribution in [0.1, 0.15) is 64.0 Å². The van der Waals surface area contributed by atoms with Crippen LogP contribution in [0.4, 0.5) is 0 Å². The number of hydrogen-bond donors (Lipinski definition) is 0. The standard InChI is InChI=1S/C14H14Si.C11H17.C5H5.2ClH.Zr/c1-11-7-3-5-9-13(11)15-14-10-6-4-8-12(14)2;1-4-9-7-8-10(5-2)11(9)6-3;1-2-4-5-3-1;;;/h3-10H,1-2H3;4-7H2,1-3H3;1-3H,4H2;2*1H;/q;2*-1;;;+4/p-2. The first-order valence-corrected chi connectivity index (χ1v) is 12.5. The minimum atomic E-state index is 0. The smallest absolute Gasteiger partial charge is 1.00 e. The van der Waals surface area contributed by atoms with E-state index in [1.807, 2.05) is 12.2 Å². The molecule has 0 fully saturated rings. The van der Waals surface area contributed by atoms with Crippen molar-refractivity contribution >= 4 is 19.9 Å². The molecule has 0 saturated heterocycles. The Balaban J connectivity index is 0. The van der Waals surface area contributed by atoms with Gasteiger partial charge in [-0.05, 0) is 13.8 Å². The van der Waals surface area contributed by atoms with E-state index in [1.54, 1.807) is 11.1 Å². The Labute approximate surface area is 242 Å². The van der Waals surface area contributed by atoms with Crippen molar-refractivity contribution in [2.45, 2.75) is 66.7 Å². The van der Waals surface area contributed by atoms with E-state index in [4.69, 9.17) is 0 Å². The summed E-state index contributed by atoms with van der Waals surface area (Å²) >= 11 is 0. The molecular formula is C30H36Cl2SiZr. The molecule has 0 unspecified atom stereocenters. The van der Waals surface area contributed by atoms with Gasteiger partial charge in [0.2, 0.25) is 0 Å². The van der Waals surface area contributed by atoms with Gasteiger partial charge in [-0.15, -0.1) is 12.8 Å². The Hall–Kier alpha value is -0.920. The Morgan fingerprint density at radius 3 is 1.71 bits per heavy atom. The second kappa shape index (κ2) is 20.3. The second-order valence-corrected chi connectivity index (χ2v) is 9.06. The maximum Gasteiger partial charge on any atom is 4.00 e. The third-order valence-electron chi connectivity index (χ3n) is 5.59. The molecule has 0 N–H and O–H groups in total. The fraction of sp³-hybridized carbons (Fsp3) is 0.333. The van der Waals surface area contributed by atoms with E-state index < -0.39 is 0 Å². The molecule has 4 heteroatoms.